The van der Waals surface area contributed by atoms with Crippen LogP contribution in [0.2, 0.25) is 0 Å². The first-order valence-electron chi connectivity index (χ1n) is 5.44. The number of hydrogen-bond acceptors (Lipinski definition) is 4. The number of aryl methyl sites for hydroxylation is 2. The molecule has 4 nitrogen and oxygen atoms in total. The zero-order chi connectivity index (χ0) is 12.8. The Morgan fingerprint density at radius 1 is 1.24 bits per heavy atom. The van der Waals surface area contributed by atoms with Crippen molar-refractivity contribution in [1.82, 2.24) is 0 Å². The van der Waals surface area contributed by atoms with Crippen LogP contribution in [0.25, 0.3) is 0 Å². The Kier molecular flexibility index (Phi) is 5.12. The van der Waals surface area contributed by atoms with Crippen molar-refractivity contribution < 1.29 is 14.6 Å². The zero-order valence-electron chi connectivity index (χ0n) is 10.7. The molecular formula is C13H19NO3. The number of nitrogens with zero attached hydrogens (tertiary/aromatic N) is 1. The molecule has 4 heteroatoms. The third-order valence-electron chi connectivity index (χ3n) is 2.53. The molecule has 1 aromatic carbocycles. The highest BCUT2D eigenvalue weighted by atomic mass is 16.7. The predicted octanol–water partition coefficient (Wildman–Crippen LogP) is 2.05. The first-order chi connectivity index (χ1) is 8.08. The summed E-state index contributed by atoms with van der Waals surface area (Å²) >= 11 is 0. The maximum atomic E-state index is 9.64. The Balaban J connectivity index is 2.72. The lowest BCUT2D eigenvalue weighted by molar-refractivity contribution is -0.0936. The van der Waals surface area contributed by atoms with Crippen molar-refractivity contribution >= 4 is 6.21 Å². The molecule has 0 aromatic heterocycles. The zero-order valence-corrected chi connectivity index (χ0v) is 10.7. The molecule has 0 fully saturated rings. The molecule has 0 spiro atoms. The SMILES string of the molecule is COC(CN=Cc1cc(C)c(O)c(C)c1)OC. The molecule has 0 atom stereocenters. The van der Waals surface area contributed by atoms with Gasteiger partial charge in [0.15, 0.2) is 6.29 Å². The van der Waals surface area contributed by atoms with Crippen LogP contribution < -0.4 is 0 Å². The number of aliphatic imine (C=N–C) groups is 1. The van der Waals surface area contributed by atoms with Gasteiger partial charge in [-0.15, -0.1) is 0 Å². The molecule has 0 amide bonds. The minimum atomic E-state index is -0.314. The quantitative estimate of drug-likeness (QED) is 0.630. The summed E-state index contributed by atoms with van der Waals surface area (Å²) in [6.45, 7) is 4.19. The fourth-order valence-corrected chi connectivity index (χ4v) is 1.55. The van der Waals surface area contributed by atoms with E-state index < -0.39 is 0 Å². The second kappa shape index (κ2) is 6.37. The number of benzene rings is 1. The number of rotatable bonds is 5. The van der Waals surface area contributed by atoms with Crippen molar-refractivity contribution in [2.24, 2.45) is 4.99 Å². The fraction of sp³-hybridized carbons (Fsp3) is 0.462. The summed E-state index contributed by atoms with van der Waals surface area (Å²) in [6.07, 6.45) is 1.44. The van der Waals surface area contributed by atoms with E-state index in [4.69, 9.17) is 9.47 Å². The number of ether oxygens (including phenoxy) is 2. The van der Waals surface area contributed by atoms with Gasteiger partial charge in [0.05, 0.1) is 6.54 Å². The molecule has 0 radical (unpaired) electrons. The molecule has 94 valence electrons. The van der Waals surface area contributed by atoms with Crippen LogP contribution in [0.4, 0.5) is 0 Å². The highest BCUT2D eigenvalue weighted by Crippen LogP contribution is 2.21. The van der Waals surface area contributed by atoms with Crippen LogP contribution >= 0.6 is 0 Å². The van der Waals surface area contributed by atoms with E-state index in [2.05, 4.69) is 4.99 Å². The third kappa shape index (κ3) is 3.84. The van der Waals surface area contributed by atoms with Crippen molar-refractivity contribution in [2.75, 3.05) is 20.8 Å². The van der Waals surface area contributed by atoms with Gasteiger partial charge in [-0.2, -0.15) is 0 Å². The molecule has 0 aliphatic heterocycles. The summed E-state index contributed by atoms with van der Waals surface area (Å²) in [5.74, 6) is 0.341. The number of phenolic OH excluding ortho intramolecular Hbond substituents is 1. The number of aromatic hydroxyl groups is 1. The smallest absolute Gasteiger partial charge is 0.176 e. The Morgan fingerprint density at radius 3 is 2.24 bits per heavy atom. The Morgan fingerprint density at radius 2 is 1.76 bits per heavy atom. The van der Waals surface area contributed by atoms with E-state index in [0.717, 1.165) is 16.7 Å². The van der Waals surface area contributed by atoms with Crippen LogP contribution in [0.1, 0.15) is 16.7 Å². The van der Waals surface area contributed by atoms with Gasteiger partial charge in [0.1, 0.15) is 5.75 Å². The summed E-state index contributed by atoms with van der Waals surface area (Å²) < 4.78 is 10.1. The van der Waals surface area contributed by atoms with Gasteiger partial charge in [0.2, 0.25) is 0 Å². The van der Waals surface area contributed by atoms with Crippen molar-refractivity contribution in [2.45, 2.75) is 20.1 Å². The van der Waals surface area contributed by atoms with E-state index in [1.165, 1.54) is 0 Å². The van der Waals surface area contributed by atoms with Crippen LogP contribution in [0.15, 0.2) is 17.1 Å². The molecule has 0 aliphatic carbocycles. The summed E-state index contributed by atoms with van der Waals surface area (Å²) in [7, 11) is 3.16. The summed E-state index contributed by atoms with van der Waals surface area (Å²) in [5.41, 5.74) is 2.66. The van der Waals surface area contributed by atoms with Crippen molar-refractivity contribution in [3.8, 4) is 5.75 Å². The lowest BCUT2D eigenvalue weighted by atomic mass is 10.1. The van der Waals surface area contributed by atoms with E-state index in [-0.39, 0.29) is 6.29 Å². The van der Waals surface area contributed by atoms with Crippen molar-refractivity contribution in [1.29, 1.82) is 0 Å². The molecule has 0 saturated heterocycles. The van der Waals surface area contributed by atoms with Gasteiger partial charge in [0, 0.05) is 20.4 Å². The van der Waals surface area contributed by atoms with Crippen LogP contribution in [0, 0.1) is 13.8 Å². The molecule has 0 bridgehead atoms. The predicted molar refractivity (Wildman–Crippen MR) is 67.8 cm³/mol. The van der Waals surface area contributed by atoms with Crippen molar-refractivity contribution in [3.63, 3.8) is 0 Å². The Bertz CT molecular complexity index is 375. The van der Waals surface area contributed by atoms with Crippen LogP contribution in [0.5, 0.6) is 5.75 Å². The second-order valence-electron chi connectivity index (χ2n) is 3.90. The molecule has 0 saturated carbocycles. The summed E-state index contributed by atoms with van der Waals surface area (Å²) in [4.78, 5) is 4.24. The first-order valence-corrected chi connectivity index (χ1v) is 5.44. The van der Waals surface area contributed by atoms with Gasteiger partial charge in [-0.05, 0) is 42.7 Å². The third-order valence-corrected chi connectivity index (χ3v) is 2.53. The summed E-state index contributed by atoms with van der Waals surface area (Å²) in [6, 6.07) is 3.78. The number of methoxy groups -OCH3 is 2. The maximum Gasteiger partial charge on any atom is 0.176 e. The van der Waals surface area contributed by atoms with Gasteiger partial charge < -0.3 is 14.6 Å². The first kappa shape index (κ1) is 13.7. The fourth-order valence-electron chi connectivity index (χ4n) is 1.55. The Labute approximate surface area is 102 Å². The summed E-state index contributed by atoms with van der Waals surface area (Å²) in [5, 5.41) is 9.64. The van der Waals surface area contributed by atoms with E-state index >= 15 is 0 Å². The van der Waals surface area contributed by atoms with Gasteiger partial charge in [-0.1, -0.05) is 0 Å². The van der Waals surface area contributed by atoms with Gasteiger partial charge in [-0.25, -0.2) is 0 Å². The van der Waals surface area contributed by atoms with Crippen LogP contribution in [0.3, 0.4) is 0 Å². The van der Waals surface area contributed by atoms with Gasteiger partial charge in [-0.3, -0.25) is 4.99 Å². The molecule has 17 heavy (non-hydrogen) atoms. The molecule has 0 unspecified atom stereocenters. The average molecular weight is 237 g/mol. The number of phenols is 1. The average Bonchev–Trinajstić information content (AvgIpc) is 2.31. The molecule has 0 aliphatic rings. The van der Waals surface area contributed by atoms with E-state index in [9.17, 15) is 5.11 Å². The normalized spacial score (nSPS) is 11.6. The minimum absolute atomic E-state index is 0.314. The lowest BCUT2D eigenvalue weighted by Gasteiger charge is -2.09. The molecule has 1 aromatic rings. The van der Waals surface area contributed by atoms with Crippen LogP contribution in [-0.2, 0) is 9.47 Å². The monoisotopic (exact) mass is 237 g/mol. The molecular weight excluding hydrogens is 218 g/mol. The van der Waals surface area contributed by atoms with Crippen LogP contribution in [-0.4, -0.2) is 38.4 Å². The largest absolute Gasteiger partial charge is 0.507 e. The van der Waals surface area contributed by atoms with Gasteiger partial charge in [0.25, 0.3) is 0 Å². The lowest BCUT2D eigenvalue weighted by Crippen LogP contribution is -2.16. The number of hydrogen-bond donors (Lipinski definition) is 1. The minimum Gasteiger partial charge on any atom is -0.507 e. The van der Waals surface area contributed by atoms with Gasteiger partial charge >= 0.3 is 0 Å². The van der Waals surface area contributed by atoms with E-state index in [0.29, 0.717) is 12.3 Å². The molecule has 1 rings (SSSR count). The van der Waals surface area contributed by atoms with E-state index in [1.807, 2.05) is 26.0 Å². The standard InChI is InChI=1S/C13H19NO3/c1-9-5-11(6-10(2)13(9)15)7-14-8-12(16-3)17-4/h5-7,12,15H,8H2,1-4H3. The Hall–Kier alpha value is -1.39. The topological polar surface area (TPSA) is 51.0 Å². The highest BCUT2D eigenvalue weighted by molar-refractivity contribution is 5.80. The highest BCUT2D eigenvalue weighted by Gasteiger charge is 2.03. The van der Waals surface area contributed by atoms with Crippen molar-refractivity contribution in [3.05, 3.63) is 28.8 Å². The van der Waals surface area contributed by atoms with E-state index in [1.54, 1.807) is 20.4 Å². The maximum absolute atomic E-state index is 9.64. The second-order valence-corrected chi connectivity index (χ2v) is 3.90. The molecule has 0 heterocycles. The molecule has 1 N–H and O–H groups in total.